The van der Waals surface area contributed by atoms with Gasteiger partial charge in [-0.05, 0) is 6.07 Å². The molecule has 0 N–H and O–H groups in total. The Morgan fingerprint density at radius 2 is 2.17 bits per heavy atom. The minimum Gasteiger partial charge on any atom is -0.479 e. The molecular weight excluding hydrogens is 154 g/mol. The summed E-state index contributed by atoms with van der Waals surface area (Å²) in [5, 5.41) is 15.6. The summed E-state index contributed by atoms with van der Waals surface area (Å²) >= 11 is 0. The predicted octanol–water partition coefficient (Wildman–Crippen LogP) is 1.38. The van der Waals surface area contributed by atoms with E-state index in [0.29, 0.717) is 5.56 Å². The first-order valence-corrected chi connectivity index (χ1v) is 3.64. The Morgan fingerprint density at radius 3 is 2.58 bits per heavy atom. The normalized spacial score (nSPS) is 7.50. The summed E-state index contributed by atoms with van der Waals surface area (Å²) < 4.78 is 4.74. The van der Waals surface area contributed by atoms with Gasteiger partial charge < -0.3 is 4.74 Å². The third kappa shape index (κ3) is 2.54. The van der Waals surface area contributed by atoms with Gasteiger partial charge in [-0.15, -0.1) is 5.10 Å². The van der Waals surface area contributed by atoms with E-state index in [0.717, 1.165) is 0 Å². The molecule has 0 saturated heterocycles. The quantitative estimate of drug-likeness (QED) is 0.630. The first-order chi connectivity index (χ1) is 5.88. The van der Waals surface area contributed by atoms with E-state index in [4.69, 9.17) is 10.00 Å². The van der Waals surface area contributed by atoms with E-state index < -0.39 is 0 Å². The zero-order valence-electron chi connectivity index (χ0n) is 7.40. The second-order valence-corrected chi connectivity index (χ2v) is 1.57. The monoisotopic (exact) mass is 165 g/mol. The van der Waals surface area contributed by atoms with E-state index in [1.54, 1.807) is 6.07 Å². The number of rotatable bonds is 1. The van der Waals surface area contributed by atoms with E-state index in [1.165, 1.54) is 13.3 Å². The maximum Gasteiger partial charge on any atom is 0.251 e. The number of nitriles is 1. The van der Waals surface area contributed by atoms with E-state index in [-0.39, 0.29) is 5.88 Å². The van der Waals surface area contributed by atoms with Crippen LogP contribution in [0.15, 0.2) is 12.3 Å². The van der Waals surface area contributed by atoms with Gasteiger partial charge in [-0.1, -0.05) is 13.8 Å². The molecule has 12 heavy (non-hydrogen) atoms. The zero-order chi connectivity index (χ0) is 9.40. The fourth-order valence-corrected chi connectivity index (χ4v) is 0.555. The van der Waals surface area contributed by atoms with Crippen LogP contribution in [0.5, 0.6) is 5.88 Å². The van der Waals surface area contributed by atoms with Gasteiger partial charge in [-0.25, -0.2) is 0 Å². The van der Waals surface area contributed by atoms with E-state index in [2.05, 4.69) is 10.2 Å². The van der Waals surface area contributed by atoms with Crippen molar-refractivity contribution in [2.75, 3.05) is 7.11 Å². The summed E-state index contributed by atoms with van der Waals surface area (Å²) in [6.45, 7) is 4.00. The molecule has 0 fully saturated rings. The number of hydrogen-bond acceptors (Lipinski definition) is 4. The van der Waals surface area contributed by atoms with Crippen LogP contribution in [0.3, 0.4) is 0 Å². The molecule has 0 spiro atoms. The van der Waals surface area contributed by atoms with Crippen LogP contribution in [0.2, 0.25) is 0 Å². The molecular formula is C8H11N3O. The summed E-state index contributed by atoms with van der Waals surface area (Å²) in [4.78, 5) is 0. The van der Waals surface area contributed by atoms with Crippen LogP contribution >= 0.6 is 0 Å². The molecule has 0 saturated carbocycles. The first-order valence-electron chi connectivity index (χ1n) is 3.64. The first kappa shape index (κ1) is 10.4. The smallest absolute Gasteiger partial charge is 0.251 e. The van der Waals surface area contributed by atoms with E-state index in [9.17, 15) is 0 Å². The SMILES string of the molecule is CC.COc1nnccc1C#N. The minimum atomic E-state index is 0.269. The van der Waals surface area contributed by atoms with Crippen molar-refractivity contribution >= 4 is 0 Å². The molecule has 0 bridgehead atoms. The van der Waals surface area contributed by atoms with Gasteiger partial charge in [0.05, 0.1) is 13.3 Å². The Morgan fingerprint density at radius 1 is 1.50 bits per heavy atom. The summed E-state index contributed by atoms with van der Waals surface area (Å²) in [6, 6.07) is 3.47. The highest BCUT2D eigenvalue weighted by Crippen LogP contribution is 2.08. The topological polar surface area (TPSA) is 58.8 Å². The standard InChI is InChI=1S/C6H5N3O.C2H6/c1-10-6-5(4-7)2-3-8-9-6;1-2/h2-3H,1H3;1-2H3. The largest absolute Gasteiger partial charge is 0.479 e. The lowest BCUT2D eigenvalue weighted by Gasteiger charge is -1.95. The van der Waals surface area contributed by atoms with Gasteiger partial charge in [0.2, 0.25) is 0 Å². The van der Waals surface area contributed by atoms with Gasteiger partial charge in [-0.3, -0.25) is 0 Å². The summed E-state index contributed by atoms with van der Waals surface area (Å²) in [7, 11) is 1.45. The van der Waals surface area contributed by atoms with Gasteiger partial charge in [0.15, 0.2) is 0 Å². The molecule has 0 aliphatic carbocycles. The maximum atomic E-state index is 8.45. The number of methoxy groups -OCH3 is 1. The number of ether oxygens (including phenoxy) is 1. The van der Waals surface area contributed by atoms with Gasteiger partial charge >= 0.3 is 0 Å². The molecule has 0 aliphatic rings. The van der Waals surface area contributed by atoms with Gasteiger partial charge in [0.1, 0.15) is 11.6 Å². The average molecular weight is 165 g/mol. The third-order valence-corrected chi connectivity index (χ3v) is 1.00. The average Bonchev–Trinajstić information content (AvgIpc) is 2.20. The van der Waals surface area contributed by atoms with E-state index in [1.807, 2.05) is 19.9 Å². The Labute approximate surface area is 71.8 Å². The highest BCUT2D eigenvalue weighted by Gasteiger charge is 1.99. The van der Waals surface area contributed by atoms with Crippen molar-refractivity contribution in [3.63, 3.8) is 0 Å². The van der Waals surface area contributed by atoms with Gasteiger partial charge in [0, 0.05) is 0 Å². The Balaban J connectivity index is 0.000000561. The highest BCUT2D eigenvalue weighted by molar-refractivity contribution is 5.35. The van der Waals surface area contributed by atoms with Crippen LogP contribution in [-0.2, 0) is 0 Å². The fourth-order valence-electron chi connectivity index (χ4n) is 0.555. The molecule has 0 aliphatic heterocycles. The second-order valence-electron chi connectivity index (χ2n) is 1.57. The summed E-state index contributed by atoms with van der Waals surface area (Å²) in [6.07, 6.45) is 1.45. The predicted molar refractivity (Wildman–Crippen MR) is 44.6 cm³/mol. The van der Waals surface area contributed by atoms with Crippen LogP contribution in [0.1, 0.15) is 19.4 Å². The minimum absolute atomic E-state index is 0.269. The molecule has 1 aromatic heterocycles. The Bertz CT molecular complexity index is 267. The van der Waals surface area contributed by atoms with Crippen LogP contribution in [-0.4, -0.2) is 17.3 Å². The van der Waals surface area contributed by atoms with Crippen molar-refractivity contribution < 1.29 is 4.74 Å². The van der Waals surface area contributed by atoms with Crippen molar-refractivity contribution in [1.82, 2.24) is 10.2 Å². The van der Waals surface area contributed by atoms with Gasteiger partial charge in [-0.2, -0.15) is 10.4 Å². The lowest BCUT2D eigenvalue weighted by Crippen LogP contribution is -1.92. The third-order valence-electron chi connectivity index (χ3n) is 1.00. The van der Waals surface area contributed by atoms with Crippen LogP contribution < -0.4 is 4.74 Å². The van der Waals surface area contributed by atoms with Crippen molar-refractivity contribution in [3.05, 3.63) is 17.8 Å². The van der Waals surface area contributed by atoms with E-state index >= 15 is 0 Å². The highest BCUT2D eigenvalue weighted by atomic mass is 16.5. The van der Waals surface area contributed by atoms with Crippen molar-refractivity contribution in [2.24, 2.45) is 0 Å². The molecule has 4 nitrogen and oxygen atoms in total. The molecule has 0 aromatic carbocycles. The van der Waals surface area contributed by atoms with Crippen molar-refractivity contribution in [2.45, 2.75) is 13.8 Å². The fraction of sp³-hybridized carbons (Fsp3) is 0.375. The Hall–Kier alpha value is -1.63. The van der Waals surface area contributed by atoms with Crippen molar-refractivity contribution in [3.8, 4) is 11.9 Å². The molecule has 1 aromatic rings. The molecule has 4 heteroatoms. The Kier molecular flexibility index (Phi) is 5.28. The molecule has 0 atom stereocenters. The maximum absolute atomic E-state index is 8.45. The van der Waals surface area contributed by atoms with Crippen molar-refractivity contribution in [1.29, 1.82) is 5.26 Å². The molecule has 64 valence electrons. The number of aromatic nitrogens is 2. The molecule has 1 heterocycles. The second kappa shape index (κ2) is 6.10. The molecule has 0 unspecified atom stereocenters. The van der Waals surface area contributed by atoms with Crippen LogP contribution in [0.25, 0.3) is 0 Å². The molecule has 0 radical (unpaired) electrons. The summed E-state index contributed by atoms with van der Waals surface area (Å²) in [5.41, 5.74) is 0.400. The number of nitrogens with zero attached hydrogens (tertiary/aromatic N) is 3. The lowest BCUT2D eigenvalue weighted by molar-refractivity contribution is 0.390. The molecule has 1 rings (SSSR count). The zero-order valence-corrected chi connectivity index (χ0v) is 7.40. The van der Waals surface area contributed by atoms with Crippen LogP contribution in [0.4, 0.5) is 0 Å². The van der Waals surface area contributed by atoms with Gasteiger partial charge in [0.25, 0.3) is 5.88 Å². The summed E-state index contributed by atoms with van der Waals surface area (Å²) in [5.74, 6) is 0.269. The van der Waals surface area contributed by atoms with Crippen LogP contribution in [0, 0.1) is 11.3 Å². The lowest BCUT2D eigenvalue weighted by atomic mass is 10.3. The number of hydrogen-bond donors (Lipinski definition) is 0. The molecule has 0 amide bonds.